The van der Waals surface area contributed by atoms with E-state index < -0.39 is 0 Å². The standard InChI is InChI=1S/C11H19N3/c1-3-14-11(6-7-13-14)10-5-4-9(2)8-12-10/h6-7,9-10,12H,3-5,8H2,1-2H3. The molecular weight excluding hydrogens is 174 g/mol. The number of nitrogens with zero attached hydrogens (tertiary/aromatic N) is 2. The van der Waals surface area contributed by atoms with E-state index in [1.807, 2.05) is 6.20 Å². The van der Waals surface area contributed by atoms with E-state index in [-0.39, 0.29) is 0 Å². The maximum atomic E-state index is 4.31. The summed E-state index contributed by atoms with van der Waals surface area (Å²) in [6, 6.07) is 2.66. The van der Waals surface area contributed by atoms with Gasteiger partial charge in [0.2, 0.25) is 0 Å². The number of hydrogen-bond acceptors (Lipinski definition) is 2. The third-order valence-electron chi connectivity index (χ3n) is 3.07. The van der Waals surface area contributed by atoms with Crippen molar-refractivity contribution in [3.05, 3.63) is 18.0 Å². The second kappa shape index (κ2) is 4.13. The summed E-state index contributed by atoms with van der Waals surface area (Å²) in [5, 5.41) is 7.89. The Labute approximate surface area is 85.5 Å². The van der Waals surface area contributed by atoms with Crippen molar-refractivity contribution in [1.29, 1.82) is 0 Å². The predicted molar refractivity (Wildman–Crippen MR) is 57.0 cm³/mol. The average Bonchev–Trinajstić information content (AvgIpc) is 2.67. The molecule has 0 saturated carbocycles. The number of rotatable bonds is 2. The number of hydrogen-bond donors (Lipinski definition) is 1. The van der Waals surface area contributed by atoms with Crippen LogP contribution in [0, 0.1) is 5.92 Å². The Hall–Kier alpha value is -0.830. The zero-order valence-electron chi connectivity index (χ0n) is 9.03. The zero-order valence-corrected chi connectivity index (χ0v) is 9.03. The molecule has 78 valence electrons. The van der Waals surface area contributed by atoms with Crippen LogP contribution in [0.25, 0.3) is 0 Å². The van der Waals surface area contributed by atoms with E-state index in [2.05, 4.69) is 35.0 Å². The summed E-state index contributed by atoms with van der Waals surface area (Å²) in [6.45, 7) is 6.55. The van der Waals surface area contributed by atoms with Crippen molar-refractivity contribution in [2.24, 2.45) is 5.92 Å². The Balaban J connectivity index is 2.08. The molecular formula is C11H19N3. The fourth-order valence-corrected chi connectivity index (χ4v) is 2.15. The monoisotopic (exact) mass is 193 g/mol. The molecule has 0 amide bonds. The predicted octanol–water partition coefficient (Wildman–Crippen LogP) is 1.96. The summed E-state index contributed by atoms with van der Waals surface area (Å²) < 4.78 is 2.09. The lowest BCUT2D eigenvalue weighted by Gasteiger charge is -2.28. The van der Waals surface area contributed by atoms with Crippen LogP contribution in [0.5, 0.6) is 0 Å². The van der Waals surface area contributed by atoms with E-state index in [9.17, 15) is 0 Å². The highest BCUT2D eigenvalue weighted by atomic mass is 15.3. The number of piperidine rings is 1. The summed E-state index contributed by atoms with van der Waals surface area (Å²) in [7, 11) is 0. The Morgan fingerprint density at radius 3 is 3.07 bits per heavy atom. The van der Waals surface area contributed by atoms with Crippen LogP contribution in [0.3, 0.4) is 0 Å². The quantitative estimate of drug-likeness (QED) is 0.778. The molecule has 0 bridgehead atoms. The van der Waals surface area contributed by atoms with Gasteiger partial charge in [-0.25, -0.2) is 0 Å². The molecule has 2 rings (SSSR count). The van der Waals surface area contributed by atoms with Crippen LogP contribution in [0.4, 0.5) is 0 Å². The molecule has 2 heterocycles. The Bertz CT molecular complexity index is 284. The maximum absolute atomic E-state index is 4.31. The fraction of sp³-hybridized carbons (Fsp3) is 0.727. The van der Waals surface area contributed by atoms with Crippen LogP contribution in [0.15, 0.2) is 12.3 Å². The van der Waals surface area contributed by atoms with Gasteiger partial charge in [-0.3, -0.25) is 4.68 Å². The van der Waals surface area contributed by atoms with Gasteiger partial charge in [0, 0.05) is 18.8 Å². The topological polar surface area (TPSA) is 29.9 Å². The van der Waals surface area contributed by atoms with Gasteiger partial charge in [0.15, 0.2) is 0 Å². The van der Waals surface area contributed by atoms with Crippen LogP contribution in [-0.4, -0.2) is 16.3 Å². The molecule has 1 N–H and O–H groups in total. The minimum Gasteiger partial charge on any atom is -0.308 e. The van der Waals surface area contributed by atoms with E-state index >= 15 is 0 Å². The van der Waals surface area contributed by atoms with Gasteiger partial charge in [-0.05, 0) is 38.3 Å². The first-order valence-electron chi connectivity index (χ1n) is 5.56. The third kappa shape index (κ3) is 1.82. The third-order valence-corrected chi connectivity index (χ3v) is 3.07. The Morgan fingerprint density at radius 2 is 2.43 bits per heavy atom. The molecule has 1 aromatic heterocycles. The van der Waals surface area contributed by atoms with Crippen molar-refractivity contribution < 1.29 is 0 Å². The average molecular weight is 193 g/mol. The largest absolute Gasteiger partial charge is 0.308 e. The molecule has 2 atom stereocenters. The maximum Gasteiger partial charge on any atom is 0.0553 e. The van der Waals surface area contributed by atoms with Gasteiger partial charge in [-0.2, -0.15) is 5.10 Å². The van der Waals surface area contributed by atoms with E-state index in [1.54, 1.807) is 0 Å². The molecule has 1 saturated heterocycles. The first kappa shape index (κ1) is 9.71. The van der Waals surface area contributed by atoms with Gasteiger partial charge in [0.05, 0.1) is 5.69 Å². The van der Waals surface area contributed by atoms with Crippen LogP contribution in [-0.2, 0) is 6.54 Å². The highest BCUT2D eigenvalue weighted by molar-refractivity contribution is 5.08. The minimum absolute atomic E-state index is 0.522. The summed E-state index contributed by atoms with van der Waals surface area (Å²) in [5.41, 5.74) is 1.35. The van der Waals surface area contributed by atoms with E-state index in [1.165, 1.54) is 18.5 Å². The molecule has 0 aliphatic carbocycles. The van der Waals surface area contributed by atoms with Gasteiger partial charge in [0.1, 0.15) is 0 Å². The number of nitrogens with one attached hydrogen (secondary N) is 1. The molecule has 3 nitrogen and oxygen atoms in total. The SMILES string of the molecule is CCn1nccc1C1CCC(C)CN1. The lowest BCUT2D eigenvalue weighted by atomic mass is 9.95. The fourth-order valence-electron chi connectivity index (χ4n) is 2.15. The smallest absolute Gasteiger partial charge is 0.0553 e. The minimum atomic E-state index is 0.522. The first-order valence-corrected chi connectivity index (χ1v) is 5.56. The van der Waals surface area contributed by atoms with E-state index in [0.29, 0.717) is 6.04 Å². The van der Waals surface area contributed by atoms with Gasteiger partial charge >= 0.3 is 0 Å². The van der Waals surface area contributed by atoms with Crippen LogP contribution in [0.2, 0.25) is 0 Å². The molecule has 0 aromatic carbocycles. The van der Waals surface area contributed by atoms with Crippen molar-refractivity contribution in [3.8, 4) is 0 Å². The highest BCUT2D eigenvalue weighted by Gasteiger charge is 2.21. The molecule has 0 radical (unpaired) electrons. The molecule has 1 aromatic rings. The van der Waals surface area contributed by atoms with Crippen molar-refractivity contribution in [1.82, 2.24) is 15.1 Å². The first-order chi connectivity index (χ1) is 6.81. The zero-order chi connectivity index (χ0) is 9.97. The second-order valence-electron chi connectivity index (χ2n) is 4.22. The van der Waals surface area contributed by atoms with Crippen LogP contribution in [0.1, 0.15) is 38.4 Å². The molecule has 3 heteroatoms. The normalized spacial score (nSPS) is 27.9. The van der Waals surface area contributed by atoms with E-state index in [0.717, 1.165) is 19.0 Å². The molecule has 1 aliphatic rings. The summed E-state index contributed by atoms with van der Waals surface area (Å²) >= 11 is 0. The molecule has 2 unspecified atom stereocenters. The molecule has 1 aliphatic heterocycles. The summed E-state index contributed by atoms with van der Waals surface area (Å²) in [4.78, 5) is 0. The summed E-state index contributed by atoms with van der Waals surface area (Å²) in [6.07, 6.45) is 4.47. The highest BCUT2D eigenvalue weighted by Crippen LogP contribution is 2.24. The lowest BCUT2D eigenvalue weighted by molar-refractivity contribution is 0.320. The Kier molecular flexibility index (Phi) is 2.87. The number of aryl methyl sites for hydroxylation is 1. The van der Waals surface area contributed by atoms with Crippen LogP contribution >= 0.6 is 0 Å². The number of aromatic nitrogens is 2. The van der Waals surface area contributed by atoms with Gasteiger partial charge in [0.25, 0.3) is 0 Å². The molecule has 1 fully saturated rings. The van der Waals surface area contributed by atoms with E-state index in [4.69, 9.17) is 0 Å². The van der Waals surface area contributed by atoms with Crippen molar-refractivity contribution >= 4 is 0 Å². The Morgan fingerprint density at radius 1 is 1.57 bits per heavy atom. The summed E-state index contributed by atoms with van der Waals surface area (Å²) in [5.74, 6) is 0.823. The van der Waals surface area contributed by atoms with Crippen molar-refractivity contribution in [2.75, 3.05) is 6.54 Å². The lowest BCUT2D eigenvalue weighted by Crippen LogP contribution is -2.33. The molecule has 14 heavy (non-hydrogen) atoms. The second-order valence-corrected chi connectivity index (χ2v) is 4.22. The van der Waals surface area contributed by atoms with Gasteiger partial charge in [-0.15, -0.1) is 0 Å². The van der Waals surface area contributed by atoms with Crippen molar-refractivity contribution in [3.63, 3.8) is 0 Å². The van der Waals surface area contributed by atoms with Crippen molar-refractivity contribution in [2.45, 2.75) is 39.3 Å². The van der Waals surface area contributed by atoms with Gasteiger partial charge < -0.3 is 5.32 Å². The van der Waals surface area contributed by atoms with Crippen LogP contribution < -0.4 is 5.32 Å². The van der Waals surface area contributed by atoms with Gasteiger partial charge in [-0.1, -0.05) is 6.92 Å². The molecule has 0 spiro atoms.